The number of methoxy groups -OCH3 is 1. The van der Waals surface area contributed by atoms with E-state index in [1.54, 1.807) is 30.3 Å². The van der Waals surface area contributed by atoms with Crippen LogP contribution in [-0.2, 0) is 6.18 Å². The lowest BCUT2D eigenvalue weighted by Gasteiger charge is -2.14. The molecule has 0 unspecified atom stereocenters. The number of carbonyl (C=O) groups is 1. The van der Waals surface area contributed by atoms with Crippen LogP contribution in [0.15, 0.2) is 52.8 Å². The number of rotatable bonds is 4. The molecule has 1 heterocycles. The van der Waals surface area contributed by atoms with Crippen molar-refractivity contribution in [2.75, 3.05) is 18.6 Å². The van der Waals surface area contributed by atoms with Gasteiger partial charge in [0.15, 0.2) is 5.78 Å². The van der Waals surface area contributed by atoms with Gasteiger partial charge in [-0.2, -0.15) is 13.2 Å². The van der Waals surface area contributed by atoms with Gasteiger partial charge in [-0.1, -0.05) is 24.3 Å². The van der Waals surface area contributed by atoms with E-state index < -0.39 is 11.7 Å². The van der Waals surface area contributed by atoms with Gasteiger partial charge in [-0.05, 0) is 29.8 Å². The number of carbonyl (C=O) groups excluding carboxylic acids is 1. The van der Waals surface area contributed by atoms with E-state index in [9.17, 15) is 18.0 Å². The van der Waals surface area contributed by atoms with Crippen molar-refractivity contribution in [3.8, 4) is 5.75 Å². The van der Waals surface area contributed by atoms with Crippen LogP contribution in [0.2, 0.25) is 0 Å². The molecule has 1 aliphatic rings. The van der Waals surface area contributed by atoms with Crippen molar-refractivity contribution in [3.05, 3.63) is 69.5 Å². The lowest BCUT2D eigenvalue weighted by molar-refractivity contribution is -0.137. The molecular weight excluding hydrogens is 381 g/mol. The molecule has 1 fully saturated rings. The predicted octanol–water partition coefficient (Wildman–Crippen LogP) is 5.75. The van der Waals surface area contributed by atoms with Crippen molar-refractivity contribution in [1.82, 2.24) is 0 Å². The average Bonchev–Trinajstić information content (AvgIpc) is 3.15. The summed E-state index contributed by atoms with van der Waals surface area (Å²) in [4.78, 5) is 13.2. The normalized spacial score (nSPS) is 14.4. The Kier molecular flexibility index (Phi) is 5.67. The summed E-state index contributed by atoms with van der Waals surface area (Å²) in [6.45, 7) is 0. The Bertz CT molecular complexity index is 852. The van der Waals surface area contributed by atoms with Gasteiger partial charge in [0.2, 0.25) is 0 Å². The Balaban J connectivity index is 2.14. The summed E-state index contributed by atoms with van der Waals surface area (Å²) in [6.07, 6.45) is -4.46. The third-order valence-corrected chi connectivity index (χ3v) is 6.53. The van der Waals surface area contributed by atoms with Crippen LogP contribution in [-0.4, -0.2) is 24.4 Å². The molecule has 7 heteroatoms. The maximum atomic E-state index is 13.2. The van der Waals surface area contributed by atoms with E-state index in [-0.39, 0.29) is 11.3 Å². The molecule has 0 spiro atoms. The Morgan fingerprint density at radius 3 is 2.38 bits per heavy atom. The van der Waals surface area contributed by atoms with E-state index >= 15 is 0 Å². The highest BCUT2D eigenvalue weighted by molar-refractivity contribution is 8.25. The summed E-state index contributed by atoms with van der Waals surface area (Å²) in [5, 5.41) is 0. The molecule has 26 heavy (non-hydrogen) atoms. The molecule has 0 atom stereocenters. The highest BCUT2D eigenvalue weighted by Crippen LogP contribution is 2.44. The van der Waals surface area contributed by atoms with Crippen LogP contribution in [0, 0.1) is 0 Å². The minimum absolute atomic E-state index is 0.271. The number of hydrogen-bond donors (Lipinski definition) is 0. The van der Waals surface area contributed by atoms with Gasteiger partial charge in [-0.15, -0.1) is 23.5 Å². The molecule has 3 rings (SSSR count). The van der Waals surface area contributed by atoms with Crippen LogP contribution in [0.25, 0.3) is 5.57 Å². The number of benzene rings is 2. The fourth-order valence-electron chi connectivity index (χ4n) is 2.61. The molecule has 2 aromatic carbocycles. The van der Waals surface area contributed by atoms with E-state index in [4.69, 9.17) is 4.74 Å². The molecular formula is C19H15F3O2S2. The number of ether oxygens (including phenoxy) is 1. The second kappa shape index (κ2) is 7.80. The molecule has 0 aromatic heterocycles. The van der Waals surface area contributed by atoms with Gasteiger partial charge in [0.1, 0.15) is 5.75 Å². The molecule has 0 N–H and O–H groups in total. The second-order valence-corrected chi connectivity index (χ2v) is 7.94. The highest BCUT2D eigenvalue weighted by Gasteiger charge is 2.32. The summed E-state index contributed by atoms with van der Waals surface area (Å²) in [7, 11) is 1.46. The monoisotopic (exact) mass is 396 g/mol. The summed E-state index contributed by atoms with van der Waals surface area (Å²) in [6, 6.07) is 11.7. The van der Waals surface area contributed by atoms with Crippen molar-refractivity contribution >= 4 is 34.9 Å². The SMILES string of the molecule is COc1ccccc1C(=O)C(=C1SCCS1)c1cccc(C(F)(F)F)c1. The summed E-state index contributed by atoms with van der Waals surface area (Å²) in [5.41, 5.74) is 0.137. The minimum Gasteiger partial charge on any atom is -0.496 e. The fraction of sp³-hybridized carbons (Fsp3) is 0.211. The third kappa shape index (κ3) is 3.94. The molecule has 2 nitrogen and oxygen atoms in total. The summed E-state index contributed by atoms with van der Waals surface area (Å²) < 4.78 is 45.4. The van der Waals surface area contributed by atoms with Crippen LogP contribution < -0.4 is 4.74 Å². The summed E-state index contributed by atoms with van der Waals surface area (Å²) >= 11 is 2.99. The Hall–Kier alpha value is -1.86. The first kappa shape index (κ1) is 18.9. The zero-order chi connectivity index (χ0) is 18.7. The zero-order valence-electron chi connectivity index (χ0n) is 13.8. The second-order valence-electron chi connectivity index (χ2n) is 5.47. The van der Waals surface area contributed by atoms with Crippen LogP contribution >= 0.6 is 23.5 Å². The van der Waals surface area contributed by atoms with Gasteiger partial charge in [-0.3, -0.25) is 4.79 Å². The first-order valence-corrected chi connectivity index (χ1v) is 9.74. The Morgan fingerprint density at radius 1 is 1.04 bits per heavy atom. The molecule has 0 radical (unpaired) electrons. The number of para-hydroxylation sites is 1. The largest absolute Gasteiger partial charge is 0.496 e. The fourth-order valence-corrected chi connectivity index (χ4v) is 5.19. The van der Waals surface area contributed by atoms with Crippen molar-refractivity contribution < 1.29 is 22.7 Å². The topological polar surface area (TPSA) is 26.3 Å². The number of thioether (sulfide) groups is 2. The lowest BCUT2D eigenvalue weighted by atomic mass is 9.96. The number of hydrogen-bond acceptors (Lipinski definition) is 4. The maximum absolute atomic E-state index is 13.2. The van der Waals surface area contributed by atoms with Gasteiger partial charge < -0.3 is 4.74 Å². The number of halogens is 3. The molecule has 0 amide bonds. The number of Topliss-reactive ketones (excluding diaryl/α,β-unsaturated/α-hetero) is 1. The van der Waals surface area contributed by atoms with Gasteiger partial charge in [-0.25, -0.2) is 0 Å². The van der Waals surface area contributed by atoms with Crippen LogP contribution in [0.5, 0.6) is 5.75 Å². The number of alkyl halides is 3. The van der Waals surface area contributed by atoms with E-state index in [2.05, 4.69) is 0 Å². The van der Waals surface area contributed by atoms with Crippen molar-refractivity contribution in [3.63, 3.8) is 0 Å². The van der Waals surface area contributed by atoms with Gasteiger partial charge in [0, 0.05) is 17.1 Å². The molecule has 0 bridgehead atoms. The molecule has 0 saturated carbocycles. The van der Waals surface area contributed by atoms with E-state index in [1.807, 2.05) is 0 Å². The van der Waals surface area contributed by atoms with E-state index in [0.717, 1.165) is 27.9 Å². The Morgan fingerprint density at radius 2 is 1.73 bits per heavy atom. The molecule has 0 aliphatic carbocycles. The van der Waals surface area contributed by atoms with Crippen molar-refractivity contribution in [2.24, 2.45) is 0 Å². The van der Waals surface area contributed by atoms with E-state index in [0.29, 0.717) is 16.9 Å². The van der Waals surface area contributed by atoms with Gasteiger partial charge >= 0.3 is 6.18 Å². The molecule has 136 valence electrons. The average molecular weight is 396 g/mol. The van der Waals surface area contributed by atoms with Crippen molar-refractivity contribution in [1.29, 1.82) is 0 Å². The minimum atomic E-state index is -4.46. The van der Waals surface area contributed by atoms with Crippen LogP contribution in [0.4, 0.5) is 13.2 Å². The predicted molar refractivity (Wildman–Crippen MR) is 101 cm³/mol. The highest BCUT2D eigenvalue weighted by atomic mass is 32.2. The van der Waals surface area contributed by atoms with Crippen molar-refractivity contribution in [2.45, 2.75) is 6.18 Å². The summed E-state index contributed by atoms with van der Waals surface area (Å²) in [5.74, 6) is 1.71. The number of allylic oxidation sites excluding steroid dienone is 1. The van der Waals surface area contributed by atoms with Gasteiger partial charge in [0.05, 0.1) is 22.5 Å². The smallest absolute Gasteiger partial charge is 0.416 e. The first-order chi connectivity index (χ1) is 12.4. The standard InChI is InChI=1S/C19H15F3O2S2/c1-24-15-8-3-2-7-14(15)17(23)16(18-25-9-10-26-18)12-5-4-6-13(11-12)19(20,21)22/h2-8,11H,9-10H2,1H3. The van der Waals surface area contributed by atoms with Crippen LogP contribution in [0.3, 0.4) is 0 Å². The zero-order valence-corrected chi connectivity index (χ0v) is 15.4. The maximum Gasteiger partial charge on any atom is 0.416 e. The molecule has 1 saturated heterocycles. The Labute approximate surface area is 157 Å². The molecule has 1 aliphatic heterocycles. The van der Waals surface area contributed by atoms with E-state index in [1.165, 1.54) is 36.7 Å². The first-order valence-electron chi connectivity index (χ1n) is 7.77. The molecule has 2 aromatic rings. The number of ketones is 1. The quantitative estimate of drug-likeness (QED) is 0.486. The lowest BCUT2D eigenvalue weighted by Crippen LogP contribution is -2.09. The van der Waals surface area contributed by atoms with Crippen LogP contribution in [0.1, 0.15) is 21.5 Å². The third-order valence-electron chi connectivity index (χ3n) is 3.81. The van der Waals surface area contributed by atoms with Gasteiger partial charge in [0.25, 0.3) is 0 Å².